The van der Waals surface area contributed by atoms with E-state index in [0.717, 1.165) is 12.8 Å². The molecule has 94 valence electrons. The van der Waals surface area contributed by atoms with E-state index in [9.17, 15) is 4.79 Å². The lowest BCUT2D eigenvalue weighted by atomic mass is 10.1. The van der Waals surface area contributed by atoms with Gasteiger partial charge in [0.05, 0.1) is 10.0 Å². The van der Waals surface area contributed by atoms with E-state index in [-0.39, 0.29) is 5.91 Å². The number of hydrogen-bond donors (Lipinski definition) is 1. The highest BCUT2D eigenvalue weighted by atomic mass is 35.5. The molecular weight excluding hydrogens is 257 g/mol. The molecule has 2 nitrogen and oxygen atoms in total. The fraction of sp³-hybridized carbons (Fsp3) is 0.462. The van der Waals surface area contributed by atoms with Crippen molar-refractivity contribution in [3.63, 3.8) is 0 Å². The standard InChI is InChI=1S/C13H17Cl2NO/c1-9(2)4-3-7-16-13(17)10-5-6-11(14)12(15)8-10/h5-6,8-9H,3-4,7H2,1-2H3,(H,16,17). The molecule has 0 atom stereocenters. The summed E-state index contributed by atoms with van der Waals surface area (Å²) in [7, 11) is 0. The van der Waals surface area contributed by atoms with E-state index in [4.69, 9.17) is 23.2 Å². The summed E-state index contributed by atoms with van der Waals surface area (Å²) < 4.78 is 0. The van der Waals surface area contributed by atoms with E-state index in [0.29, 0.717) is 28.1 Å². The van der Waals surface area contributed by atoms with Crippen molar-refractivity contribution in [3.05, 3.63) is 33.8 Å². The Labute approximate surface area is 112 Å². The summed E-state index contributed by atoms with van der Waals surface area (Å²) in [6, 6.07) is 4.89. The molecule has 1 rings (SSSR count). The SMILES string of the molecule is CC(C)CCCNC(=O)c1ccc(Cl)c(Cl)c1. The van der Waals surface area contributed by atoms with E-state index < -0.39 is 0 Å². The Morgan fingerprint density at radius 2 is 2.00 bits per heavy atom. The minimum Gasteiger partial charge on any atom is -0.352 e. The molecule has 4 heteroatoms. The topological polar surface area (TPSA) is 29.1 Å². The molecule has 0 aliphatic rings. The van der Waals surface area contributed by atoms with Crippen LogP contribution in [0.5, 0.6) is 0 Å². The Balaban J connectivity index is 2.44. The lowest BCUT2D eigenvalue weighted by Crippen LogP contribution is -2.24. The molecule has 0 spiro atoms. The lowest BCUT2D eigenvalue weighted by Gasteiger charge is -2.07. The number of rotatable bonds is 5. The molecule has 1 amide bonds. The Morgan fingerprint density at radius 3 is 2.59 bits per heavy atom. The van der Waals surface area contributed by atoms with Gasteiger partial charge in [0, 0.05) is 12.1 Å². The number of carbonyl (C=O) groups excluding carboxylic acids is 1. The minimum absolute atomic E-state index is 0.104. The summed E-state index contributed by atoms with van der Waals surface area (Å²) in [6.45, 7) is 5.03. The fourth-order valence-electron chi connectivity index (χ4n) is 1.45. The van der Waals surface area contributed by atoms with Crippen LogP contribution in [0.2, 0.25) is 10.0 Å². The van der Waals surface area contributed by atoms with Gasteiger partial charge < -0.3 is 5.32 Å². The second kappa shape index (κ2) is 6.87. The average molecular weight is 274 g/mol. The second-order valence-corrected chi connectivity index (χ2v) is 5.24. The first kappa shape index (κ1) is 14.3. The van der Waals surface area contributed by atoms with Crippen LogP contribution in [0, 0.1) is 5.92 Å². The van der Waals surface area contributed by atoms with Crippen LogP contribution in [0.15, 0.2) is 18.2 Å². The molecule has 0 unspecified atom stereocenters. The van der Waals surface area contributed by atoms with Crippen LogP contribution in [-0.4, -0.2) is 12.5 Å². The highest BCUT2D eigenvalue weighted by Crippen LogP contribution is 2.22. The smallest absolute Gasteiger partial charge is 0.251 e. The Morgan fingerprint density at radius 1 is 1.29 bits per heavy atom. The van der Waals surface area contributed by atoms with Gasteiger partial charge in [-0.15, -0.1) is 0 Å². The van der Waals surface area contributed by atoms with Gasteiger partial charge in [-0.2, -0.15) is 0 Å². The van der Waals surface area contributed by atoms with E-state index in [1.165, 1.54) is 0 Å². The van der Waals surface area contributed by atoms with Gasteiger partial charge in [-0.3, -0.25) is 4.79 Å². The molecule has 0 aliphatic carbocycles. The zero-order valence-corrected chi connectivity index (χ0v) is 11.6. The zero-order valence-electron chi connectivity index (χ0n) is 10.1. The van der Waals surface area contributed by atoms with E-state index in [1.54, 1.807) is 18.2 Å². The first-order valence-corrected chi connectivity index (χ1v) is 6.49. The summed E-state index contributed by atoms with van der Waals surface area (Å²) in [5.41, 5.74) is 0.545. The Bertz CT molecular complexity index is 391. The summed E-state index contributed by atoms with van der Waals surface area (Å²) in [4.78, 5) is 11.7. The summed E-state index contributed by atoms with van der Waals surface area (Å²) in [6.07, 6.45) is 2.10. The molecule has 1 aromatic carbocycles. The summed E-state index contributed by atoms with van der Waals surface area (Å²) in [5.74, 6) is 0.559. The van der Waals surface area contributed by atoms with Crippen molar-refractivity contribution in [2.45, 2.75) is 26.7 Å². The maximum atomic E-state index is 11.7. The third-order valence-electron chi connectivity index (χ3n) is 2.43. The summed E-state index contributed by atoms with van der Waals surface area (Å²) in [5, 5.41) is 3.73. The molecule has 0 bridgehead atoms. The number of carbonyl (C=O) groups is 1. The number of hydrogen-bond acceptors (Lipinski definition) is 1. The fourth-order valence-corrected chi connectivity index (χ4v) is 1.75. The Hall–Kier alpha value is -0.730. The van der Waals surface area contributed by atoms with Crippen LogP contribution < -0.4 is 5.32 Å². The number of benzene rings is 1. The van der Waals surface area contributed by atoms with Crippen molar-refractivity contribution in [2.24, 2.45) is 5.92 Å². The van der Waals surface area contributed by atoms with Gasteiger partial charge in [0.15, 0.2) is 0 Å². The van der Waals surface area contributed by atoms with Crippen LogP contribution >= 0.6 is 23.2 Å². The molecular formula is C13H17Cl2NO. The molecule has 0 aliphatic heterocycles. The quantitative estimate of drug-likeness (QED) is 0.802. The van der Waals surface area contributed by atoms with Gasteiger partial charge in [-0.25, -0.2) is 0 Å². The molecule has 0 saturated heterocycles. The Kier molecular flexibility index (Phi) is 5.79. The van der Waals surface area contributed by atoms with Crippen LogP contribution in [0.1, 0.15) is 37.0 Å². The van der Waals surface area contributed by atoms with Crippen molar-refractivity contribution in [3.8, 4) is 0 Å². The van der Waals surface area contributed by atoms with Gasteiger partial charge in [0.2, 0.25) is 0 Å². The van der Waals surface area contributed by atoms with Crippen molar-refractivity contribution in [1.29, 1.82) is 0 Å². The molecule has 0 fully saturated rings. The second-order valence-electron chi connectivity index (χ2n) is 4.42. The van der Waals surface area contributed by atoms with Crippen LogP contribution in [0.25, 0.3) is 0 Å². The largest absolute Gasteiger partial charge is 0.352 e. The molecule has 0 heterocycles. The van der Waals surface area contributed by atoms with Crippen LogP contribution in [-0.2, 0) is 0 Å². The maximum Gasteiger partial charge on any atom is 0.251 e. The monoisotopic (exact) mass is 273 g/mol. The highest BCUT2D eigenvalue weighted by Gasteiger charge is 2.07. The van der Waals surface area contributed by atoms with Crippen molar-refractivity contribution in [1.82, 2.24) is 5.32 Å². The first-order valence-electron chi connectivity index (χ1n) is 5.74. The van der Waals surface area contributed by atoms with Crippen LogP contribution in [0.4, 0.5) is 0 Å². The molecule has 0 saturated carbocycles. The predicted octanol–water partition coefficient (Wildman–Crippen LogP) is 4.16. The van der Waals surface area contributed by atoms with Crippen molar-refractivity contribution in [2.75, 3.05) is 6.54 Å². The van der Waals surface area contributed by atoms with E-state index >= 15 is 0 Å². The first-order chi connectivity index (χ1) is 8.00. The zero-order chi connectivity index (χ0) is 12.8. The molecule has 0 radical (unpaired) electrons. The van der Waals surface area contributed by atoms with Gasteiger partial charge in [0.1, 0.15) is 0 Å². The normalized spacial score (nSPS) is 10.6. The minimum atomic E-state index is -0.104. The number of nitrogens with one attached hydrogen (secondary N) is 1. The molecule has 0 aromatic heterocycles. The van der Waals surface area contributed by atoms with E-state index in [1.807, 2.05) is 0 Å². The average Bonchev–Trinajstić information content (AvgIpc) is 2.27. The maximum absolute atomic E-state index is 11.7. The lowest BCUT2D eigenvalue weighted by molar-refractivity contribution is 0.0952. The summed E-state index contributed by atoms with van der Waals surface area (Å²) >= 11 is 11.6. The van der Waals surface area contributed by atoms with Crippen LogP contribution in [0.3, 0.4) is 0 Å². The number of halogens is 2. The molecule has 1 N–H and O–H groups in total. The van der Waals surface area contributed by atoms with Gasteiger partial charge in [-0.1, -0.05) is 37.0 Å². The third kappa shape index (κ3) is 4.97. The molecule has 17 heavy (non-hydrogen) atoms. The van der Waals surface area contributed by atoms with Crippen molar-refractivity contribution >= 4 is 29.1 Å². The van der Waals surface area contributed by atoms with E-state index in [2.05, 4.69) is 19.2 Å². The highest BCUT2D eigenvalue weighted by molar-refractivity contribution is 6.42. The predicted molar refractivity (Wildman–Crippen MR) is 72.9 cm³/mol. The third-order valence-corrected chi connectivity index (χ3v) is 3.16. The van der Waals surface area contributed by atoms with Gasteiger partial charge in [-0.05, 0) is 37.0 Å². The van der Waals surface area contributed by atoms with Crippen molar-refractivity contribution < 1.29 is 4.79 Å². The van der Waals surface area contributed by atoms with Gasteiger partial charge >= 0.3 is 0 Å². The number of amides is 1. The van der Waals surface area contributed by atoms with Gasteiger partial charge in [0.25, 0.3) is 5.91 Å². The molecule has 1 aromatic rings.